The molecule has 0 aliphatic carbocycles. The molecule has 2 aliphatic rings. The second-order valence-corrected chi connectivity index (χ2v) is 8.86. The summed E-state index contributed by atoms with van der Waals surface area (Å²) in [5, 5.41) is 3.23. The molecule has 2 aliphatic heterocycles. The highest BCUT2D eigenvalue weighted by Gasteiger charge is 2.40. The van der Waals surface area contributed by atoms with Gasteiger partial charge in [0.1, 0.15) is 5.70 Å². The summed E-state index contributed by atoms with van der Waals surface area (Å²) >= 11 is 0. The van der Waals surface area contributed by atoms with E-state index in [1.54, 1.807) is 32.4 Å². The summed E-state index contributed by atoms with van der Waals surface area (Å²) in [5.74, 6) is 0.377. The van der Waals surface area contributed by atoms with Crippen LogP contribution in [0.2, 0.25) is 0 Å². The number of amides is 2. The van der Waals surface area contributed by atoms with Gasteiger partial charge < -0.3 is 24.6 Å². The van der Waals surface area contributed by atoms with E-state index in [2.05, 4.69) is 22.2 Å². The number of nitrogens with zero attached hydrogens (tertiary/aromatic N) is 3. The molecule has 0 radical (unpaired) electrons. The summed E-state index contributed by atoms with van der Waals surface area (Å²) in [6.07, 6.45) is 0. The van der Waals surface area contributed by atoms with Crippen LogP contribution in [-0.4, -0.2) is 75.1 Å². The summed E-state index contributed by atoms with van der Waals surface area (Å²) in [6.45, 7) is 7.68. The topological polar surface area (TPSA) is 74.4 Å². The Morgan fingerprint density at radius 2 is 1.50 bits per heavy atom. The van der Waals surface area contributed by atoms with Gasteiger partial charge in [0, 0.05) is 43.6 Å². The predicted molar refractivity (Wildman–Crippen MR) is 133 cm³/mol. The fraction of sp³-hybridized carbons (Fsp3) is 0.385. The maximum atomic E-state index is 13.3. The zero-order chi connectivity index (χ0) is 24.4. The van der Waals surface area contributed by atoms with Gasteiger partial charge in [-0.3, -0.25) is 14.5 Å². The number of hydrogen-bond acceptors (Lipinski definition) is 7. The van der Waals surface area contributed by atoms with E-state index in [1.165, 1.54) is 4.90 Å². The van der Waals surface area contributed by atoms with Crippen molar-refractivity contribution >= 4 is 28.8 Å². The van der Waals surface area contributed by atoms with Gasteiger partial charge in [-0.15, -0.1) is 0 Å². The van der Waals surface area contributed by atoms with Gasteiger partial charge in [0.05, 0.1) is 19.8 Å². The zero-order valence-corrected chi connectivity index (χ0v) is 20.4. The highest BCUT2D eigenvalue weighted by atomic mass is 16.5. The van der Waals surface area contributed by atoms with Crippen molar-refractivity contribution in [3.63, 3.8) is 0 Å². The zero-order valence-electron chi connectivity index (χ0n) is 20.4. The Kier molecular flexibility index (Phi) is 6.79. The number of hydrogen-bond donors (Lipinski definition) is 1. The Morgan fingerprint density at radius 3 is 2.09 bits per heavy atom. The number of methoxy groups -OCH3 is 2. The first-order valence-electron chi connectivity index (χ1n) is 11.5. The summed E-state index contributed by atoms with van der Waals surface area (Å²) < 4.78 is 10.7. The molecule has 1 saturated heterocycles. The van der Waals surface area contributed by atoms with Gasteiger partial charge in [0.2, 0.25) is 0 Å². The lowest BCUT2D eigenvalue weighted by Gasteiger charge is -2.34. The van der Waals surface area contributed by atoms with E-state index in [9.17, 15) is 9.59 Å². The fourth-order valence-electron chi connectivity index (χ4n) is 4.36. The molecule has 0 aromatic heterocycles. The van der Waals surface area contributed by atoms with Crippen molar-refractivity contribution in [3.8, 4) is 11.5 Å². The van der Waals surface area contributed by atoms with Crippen molar-refractivity contribution in [2.75, 3.05) is 57.7 Å². The van der Waals surface area contributed by atoms with Crippen LogP contribution in [-0.2, 0) is 9.59 Å². The van der Waals surface area contributed by atoms with Crippen LogP contribution in [0.4, 0.5) is 11.4 Å². The molecule has 2 heterocycles. The SMILES string of the molecule is COc1ccc(C2=C(Nc3ccc(N4CCN(C)CC4)cc3)C(=O)N(C(C)C)C2=O)cc1OC. The summed E-state index contributed by atoms with van der Waals surface area (Å²) in [5.41, 5.74) is 3.07. The minimum atomic E-state index is -0.340. The third kappa shape index (κ3) is 4.46. The Hall–Kier alpha value is -3.52. The normalized spacial score (nSPS) is 17.1. The van der Waals surface area contributed by atoms with Crippen molar-refractivity contribution in [3.05, 3.63) is 53.7 Å². The first-order chi connectivity index (χ1) is 16.3. The molecule has 0 unspecified atom stereocenters. The maximum Gasteiger partial charge on any atom is 0.278 e. The van der Waals surface area contributed by atoms with Gasteiger partial charge >= 0.3 is 0 Å². The molecule has 0 spiro atoms. The van der Waals surface area contributed by atoms with Crippen LogP contribution in [0.15, 0.2) is 48.2 Å². The average molecular weight is 465 g/mol. The lowest BCUT2D eigenvalue weighted by molar-refractivity contribution is -0.138. The van der Waals surface area contributed by atoms with Crippen LogP contribution in [0.1, 0.15) is 19.4 Å². The average Bonchev–Trinajstić information content (AvgIpc) is 3.08. The number of piperazine rings is 1. The maximum absolute atomic E-state index is 13.3. The van der Waals surface area contributed by atoms with E-state index >= 15 is 0 Å². The first-order valence-corrected chi connectivity index (χ1v) is 11.5. The molecule has 180 valence electrons. The van der Waals surface area contributed by atoms with Crippen molar-refractivity contribution in [1.29, 1.82) is 0 Å². The minimum absolute atomic E-state index is 0.262. The third-order valence-electron chi connectivity index (χ3n) is 6.31. The molecule has 2 aromatic carbocycles. The number of anilines is 2. The highest BCUT2D eigenvalue weighted by molar-refractivity contribution is 6.36. The van der Waals surface area contributed by atoms with E-state index in [4.69, 9.17) is 9.47 Å². The summed E-state index contributed by atoms with van der Waals surface area (Å²) in [6, 6.07) is 12.9. The molecule has 8 nitrogen and oxygen atoms in total. The smallest absolute Gasteiger partial charge is 0.278 e. The Bertz CT molecular complexity index is 1100. The molecule has 0 bridgehead atoms. The van der Waals surface area contributed by atoms with Crippen LogP contribution in [0.5, 0.6) is 11.5 Å². The molecular formula is C26H32N4O4. The monoisotopic (exact) mass is 464 g/mol. The van der Waals surface area contributed by atoms with E-state index < -0.39 is 0 Å². The molecule has 2 aromatic rings. The fourth-order valence-corrected chi connectivity index (χ4v) is 4.36. The molecule has 0 saturated carbocycles. The quantitative estimate of drug-likeness (QED) is 0.632. The standard InChI is InChI=1S/C26H32N4O4/c1-17(2)30-25(31)23(18-6-11-21(33-4)22(16-18)34-5)24(26(30)32)27-19-7-9-20(10-8-19)29-14-12-28(3)13-15-29/h6-11,16-17,27H,12-15H2,1-5H3. The number of rotatable bonds is 7. The largest absolute Gasteiger partial charge is 0.493 e. The lowest BCUT2D eigenvalue weighted by Crippen LogP contribution is -2.44. The molecule has 1 N–H and O–H groups in total. The summed E-state index contributed by atoms with van der Waals surface area (Å²) in [4.78, 5) is 32.6. The number of carbonyl (C=O) groups excluding carboxylic acids is 2. The molecule has 0 atom stereocenters. The van der Waals surface area contributed by atoms with Gasteiger partial charge in [-0.1, -0.05) is 6.07 Å². The molecule has 4 rings (SSSR count). The minimum Gasteiger partial charge on any atom is -0.493 e. The Balaban J connectivity index is 1.67. The Labute approximate surface area is 200 Å². The number of imide groups is 1. The van der Waals surface area contributed by atoms with Crippen LogP contribution >= 0.6 is 0 Å². The lowest BCUT2D eigenvalue weighted by atomic mass is 10.0. The second kappa shape index (κ2) is 9.77. The van der Waals surface area contributed by atoms with Gasteiger partial charge in [0.15, 0.2) is 11.5 Å². The summed E-state index contributed by atoms with van der Waals surface area (Å²) in [7, 11) is 5.23. The highest BCUT2D eigenvalue weighted by Crippen LogP contribution is 2.36. The molecule has 34 heavy (non-hydrogen) atoms. The van der Waals surface area contributed by atoms with E-state index in [0.29, 0.717) is 22.6 Å². The van der Waals surface area contributed by atoms with E-state index in [0.717, 1.165) is 37.6 Å². The van der Waals surface area contributed by atoms with Gasteiger partial charge in [-0.05, 0) is 62.9 Å². The van der Waals surface area contributed by atoms with Crippen molar-refractivity contribution in [2.45, 2.75) is 19.9 Å². The van der Waals surface area contributed by atoms with Gasteiger partial charge in [-0.25, -0.2) is 0 Å². The Morgan fingerprint density at radius 1 is 0.853 bits per heavy atom. The number of likely N-dealkylation sites (N-methyl/N-ethyl adjacent to an activating group) is 1. The number of carbonyl (C=O) groups is 2. The predicted octanol–water partition coefficient (Wildman–Crippen LogP) is 3.06. The van der Waals surface area contributed by atoms with Gasteiger partial charge in [-0.2, -0.15) is 0 Å². The van der Waals surface area contributed by atoms with Crippen molar-refractivity contribution in [1.82, 2.24) is 9.80 Å². The van der Waals surface area contributed by atoms with E-state index in [-0.39, 0.29) is 23.6 Å². The third-order valence-corrected chi connectivity index (χ3v) is 6.31. The molecular weight excluding hydrogens is 432 g/mol. The van der Waals surface area contributed by atoms with Gasteiger partial charge in [0.25, 0.3) is 11.8 Å². The number of benzene rings is 2. The van der Waals surface area contributed by atoms with Crippen LogP contribution in [0.3, 0.4) is 0 Å². The van der Waals surface area contributed by atoms with Crippen LogP contribution in [0.25, 0.3) is 5.57 Å². The molecule has 8 heteroatoms. The molecule has 2 amide bonds. The molecule has 1 fully saturated rings. The van der Waals surface area contributed by atoms with Crippen LogP contribution in [0, 0.1) is 0 Å². The van der Waals surface area contributed by atoms with E-state index in [1.807, 2.05) is 38.1 Å². The number of nitrogens with one attached hydrogen (secondary N) is 1. The van der Waals surface area contributed by atoms with Crippen LogP contribution < -0.4 is 19.7 Å². The van der Waals surface area contributed by atoms with Crippen molar-refractivity contribution < 1.29 is 19.1 Å². The second-order valence-electron chi connectivity index (χ2n) is 8.86. The first kappa shape index (κ1) is 23.6. The number of ether oxygens (including phenoxy) is 2. The van der Waals surface area contributed by atoms with Crippen molar-refractivity contribution in [2.24, 2.45) is 0 Å².